The number of nitrogens with zero attached hydrogens (tertiary/aromatic N) is 1. The van der Waals surface area contributed by atoms with E-state index in [1.54, 1.807) is 12.1 Å². The number of carbonyl (C=O) groups excluding carboxylic acids is 1. The fourth-order valence-corrected chi connectivity index (χ4v) is 1.59. The normalized spacial score (nSPS) is 12.7. The number of ether oxygens (including phenoxy) is 2. The predicted octanol–water partition coefficient (Wildman–Crippen LogP) is 1.62. The predicted molar refractivity (Wildman–Crippen MR) is 61.0 cm³/mol. The van der Waals surface area contributed by atoms with Crippen molar-refractivity contribution in [2.24, 2.45) is 0 Å². The molecular formula is C12H12N2O3. The minimum absolute atomic E-state index is 0.159. The zero-order chi connectivity index (χ0) is 12.3. The highest BCUT2D eigenvalue weighted by Crippen LogP contribution is 2.35. The van der Waals surface area contributed by atoms with E-state index in [-0.39, 0.29) is 12.3 Å². The Bertz CT molecular complexity index is 491. The third-order valence-corrected chi connectivity index (χ3v) is 2.40. The highest BCUT2D eigenvalue weighted by molar-refractivity contribution is 5.93. The standard InChI is InChI=1S/C12H12N2O3/c1-8-6-10-11(17-5-4-16-10)7-9(8)14-12(15)2-3-13/h6-7H,2,4-5H2,1H3,(H,14,15). The van der Waals surface area contributed by atoms with Crippen molar-refractivity contribution >= 4 is 11.6 Å². The maximum absolute atomic E-state index is 11.3. The summed E-state index contributed by atoms with van der Waals surface area (Å²) in [6.45, 7) is 2.90. The number of hydrogen-bond acceptors (Lipinski definition) is 4. The summed E-state index contributed by atoms with van der Waals surface area (Å²) in [5.74, 6) is 0.980. The summed E-state index contributed by atoms with van der Waals surface area (Å²) >= 11 is 0. The minimum Gasteiger partial charge on any atom is -0.486 e. The lowest BCUT2D eigenvalue weighted by Crippen LogP contribution is -2.17. The number of carbonyl (C=O) groups is 1. The molecule has 0 aromatic heterocycles. The third kappa shape index (κ3) is 2.48. The highest BCUT2D eigenvalue weighted by Gasteiger charge is 2.15. The van der Waals surface area contributed by atoms with Gasteiger partial charge < -0.3 is 14.8 Å². The molecule has 5 heteroatoms. The number of anilines is 1. The first-order valence-electron chi connectivity index (χ1n) is 5.28. The largest absolute Gasteiger partial charge is 0.486 e. The molecule has 0 atom stereocenters. The third-order valence-electron chi connectivity index (χ3n) is 2.40. The first kappa shape index (κ1) is 11.3. The molecular weight excluding hydrogens is 220 g/mol. The molecule has 2 rings (SSSR count). The molecule has 0 saturated carbocycles. The van der Waals surface area contributed by atoms with Crippen molar-refractivity contribution in [1.29, 1.82) is 5.26 Å². The van der Waals surface area contributed by atoms with Crippen LogP contribution in [0, 0.1) is 18.3 Å². The molecule has 1 aromatic carbocycles. The molecule has 1 heterocycles. The molecule has 0 radical (unpaired) electrons. The summed E-state index contributed by atoms with van der Waals surface area (Å²) in [5, 5.41) is 11.1. The van der Waals surface area contributed by atoms with Gasteiger partial charge in [-0.1, -0.05) is 0 Å². The molecule has 88 valence electrons. The van der Waals surface area contributed by atoms with Crippen LogP contribution in [0.25, 0.3) is 0 Å². The van der Waals surface area contributed by atoms with Crippen LogP contribution in [0.1, 0.15) is 12.0 Å². The average molecular weight is 232 g/mol. The molecule has 1 aromatic rings. The van der Waals surface area contributed by atoms with Crippen LogP contribution in [0.15, 0.2) is 12.1 Å². The number of aryl methyl sites for hydroxylation is 1. The van der Waals surface area contributed by atoms with Gasteiger partial charge in [-0.2, -0.15) is 5.26 Å². The Hall–Kier alpha value is -2.22. The van der Waals surface area contributed by atoms with Crippen molar-refractivity contribution in [3.05, 3.63) is 17.7 Å². The minimum atomic E-state index is -0.327. The molecule has 1 aliphatic heterocycles. The van der Waals surface area contributed by atoms with Crippen molar-refractivity contribution in [2.45, 2.75) is 13.3 Å². The molecule has 1 amide bonds. The van der Waals surface area contributed by atoms with Gasteiger partial charge in [0.1, 0.15) is 19.6 Å². The number of nitrogens with one attached hydrogen (secondary N) is 1. The molecule has 1 N–H and O–H groups in total. The summed E-state index contributed by atoms with van der Waals surface area (Å²) < 4.78 is 10.8. The van der Waals surface area contributed by atoms with Crippen LogP contribution in [0.2, 0.25) is 0 Å². The van der Waals surface area contributed by atoms with E-state index in [0.29, 0.717) is 30.4 Å². The summed E-state index contributed by atoms with van der Waals surface area (Å²) in [6.07, 6.45) is -0.159. The number of amides is 1. The number of benzene rings is 1. The molecule has 5 nitrogen and oxygen atoms in total. The van der Waals surface area contributed by atoms with Crippen LogP contribution >= 0.6 is 0 Å². The lowest BCUT2D eigenvalue weighted by molar-refractivity contribution is -0.115. The molecule has 0 saturated heterocycles. The molecule has 0 fully saturated rings. The maximum Gasteiger partial charge on any atom is 0.238 e. The first-order valence-corrected chi connectivity index (χ1v) is 5.28. The van der Waals surface area contributed by atoms with E-state index in [4.69, 9.17) is 14.7 Å². The van der Waals surface area contributed by atoms with Crippen molar-refractivity contribution < 1.29 is 14.3 Å². The second-order valence-electron chi connectivity index (χ2n) is 3.69. The molecule has 17 heavy (non-hydrogen) atoms. The first-order chi connectivity index (χ1) is 8.20. The van der Waals surface area contributed by atoms with E-state index in [1.807, 2.05) is 13.0 Å². The smallest absolute Gasteiger partial charge is 0.238 e. The van der Waals surface area contributed by atoms with Gasteiger partial charge in [-0.05, 0) is 18.6 Å². The Morgan fingerprint density at radius 2 is 2.06 bits per heavy atom. The fraction of sp³-hybridized carbons (Fsp3) is 0.333. The van der Waals surface area contributed by atoms with Crippen LogP contribution in [0.5, 0.6) is 11.5 Å². The van der Waals surface area contributed by atoms with E-state index in [9.17, 15) is 4.79 Å². The van der Waals surface area contributed by atoms with Gasteiger partial charge in [0, 0.05) is 11.8 Å². The molecule has 0 spiro atoms. The Balaban J connectivity index is 2.23. The van der Waals surface area contributed by atoms with Gasteiger partial charge in [-0.25, -0.2) is 0 Å². The zero-order valence-corrected chi connectivity index (χ0v) is 9.45. The van der Waals surface area contributed by atoms with Gasteiger partial charge in [0.2, 0.25) is 5.91 Å². The van der Waals surface area contributed by atoms with Crippen LogP contribution in [0.4, 0.5) is 5.69 Å². The Labute approximate surface area is 98.9 Å². The Kier molecular flexibility index (Phi) is 3.15. The van der Waals surface area contributed by atoms with E-state index in [0.717, 1.165) is 5.56 Å². The zero-order valence-electron chi connectivity index (χ0n) is 9.45. The van der Waals surface area contributed by atoms with Gasteiger partial charge >= 0.3 is 0 Å². The van der Waals surface area contributed by atoms with Gasteiger partial charge in [0.25, 0.3) is 0 Å². The molecule has 0 unspecified atom stereocenters. The van der Waals surface area contributed by atoms with E-state index >= 15 is 0 Å². The summed E-state index contributed by atoms with van der Waals surface area (Å²) in [6, 6.07) is 5.34. The Morgan fingerprint density at radius 3 is 2.71 bits per heavy atom. The van der Waals surface area contributed by atoms with Crippen LogP contribution < -0.4 is 14.8 Å². The quantitative estimate of drug-likeness (QED) is 0.841. The van der Waals surface area contributed by atoms with E-state index < -0.39 is 0 Å². The number of fused-ring (bicyclic) bond motifs is 1. The van der Waals surface area contributed by atoms with Crippen LogP contribution in [-0.2, 0) is 4.79 Å². The topological polar surface area (TPSA) is 71.4 Å². The second kappa shape index (κ2) is 4.74. The molecule has 1 aliphatic rings. The van der Waals surface area contributed by atoms with Gasteiger partial charge in [0.05, 0.1) is 6.07 Å². The number of rotatable bonds is 2. The lowest BCUT2D eigenvalue weighted by Gasteiger charge is -2.20. The maximum atomic E-state index is 11.3. The average Bonchev–Trinajstić information content (AvgIpc) is 2.30. The molecule has 0 bridgehead atoms. The van der Waals surface area contributed by atoms with Gasteiger partial charge in [0.15, 0.2) is 11.5 Å². The summed E-state index contributed by atoms with van der Waals surface area (Å²) in [4.78, 5) is 11.3. The summed E-state index contributed by atoms with van der Waals surface area (Å²) in [5.41, 5.74) is 1.52. The van der Waals surface area contributed by atoms with Crippen LogP contribution in [-0.4, -0.2) is 19.1 Å². The van der Waals surface area contributed by atoms with E-state index in [1.165, 1.54) is 0 Å². The number of nitriles is 1. The van der Waals surface area contributed by atoms with Gasteiger partial charge in [-0.3, -0.25) is 4.79 Å². The monoisotopic (exact) mass is 232 g/mol. The van der Waals surface area contributed by atoms with Crippen molar-refractivity contribution in [3.8, 4) is 17.6 Å². The summed E-state index contributed by atoms with van der Waals surface area (Å²) in [7, 11) is 0. The second-order valence-corrected chi connectivity index (χ2v) is 3.69. The number of hydrogen-bond donors (Lipinski definition) is 1. The lowest BCUT2D eigenvalue weighted by atomic mass is 10.1. The van der Waals surface area contributed by atoms with E-state index in [2.05, 4.69) is 5.32 Å². The Morgan fingerprint density at radius 1 is 1.41 bits per heavy atom. The van der Waals surface area contributed by atoms with Crippen molar-refractivity contribution in [3.63, 3.8) is 0 Å². The highest BCUT2D eigenvalue weighted by atomic mass is 16.6. The SMILES string of the molecule is Cc1cc2c(cc1NC(=O)CC#N)OCCO2. The fourth-order valence-electron chi connectivity index (χ4n) is 1.59. The van der Waals surface area contributed by atoms with Crippen LogP contribution in [0.3, 0.4) is 0 Å². The molecule has 0 aliphatic carbocycles. The van der Waals surface area contributed by atoms with Crippen molar-refractivity contribution in [2.75, 3.05) is 18.5 Å². The van der Waals surface area contributed by atoms with Crippen molar-refractivity contribution in [1.82, 2.24) is 0 Å². The van der Waals surface area contributed by atoms with Gasteiger partial charge in [-0.15, -0.1) is 0 Å².